The van der Waals surface area contributed by atoms with Gasteiger partial charge < -0.3 is 10.2 Å². The molecule has 0 spiro atoms. The van der Waals surface area contributed by atoms with Gasteiger partial charge in [0.25, 0.3) is 5.91 Å². The van der Waals surface area contributed by atoms with E-state index < -0.39 is 0 Å². The summed E-state index contributed by atoms with van der Waals surface area (Å²) in [6, 6.07) is 4.87. The summed E-state index contributed by atoms with van der Waals surface area (Å²) in [4.78, 5) is 21.3. The second-order valence-corrected chi connectivity index (χ2v) is 5.77. The summed E-state index contributed by atoms with van der Waals surface area (Å²) in [5.74, 6) is 0.0635. The Morgan fingerprint density at radius 2 is 2.10 bits per heavy atom. The Morgan fingerprint density at radius 3 is 2.80 bits per heavy atom. The first-order valence-corrected chi connectivity index (χ1v) is 7.34. The third kappa shape index (κ3) is 2.38. The van der Waals surface area contributed by atoms with Crippen LogP contribution in [0, 0.1) is 0 Å². The number of nitrogens with zero attached hydrogens (tertiary/aromatic N) is 3. The molecular weight excluding hydrogens is 252 g/mol. The standard InChI is InChI=1S/C15H22N4O/c1-16-11-3-6-14(17-9-11)15(20)19-8-7-12-4-5-13(10-19)18(12)2/h3,6,9,12-13,16H,4-5,7-8,10H2,1-2H3. The fourth-order valence-electron chi connectivity index (χ4n) is 3.32. The molecule has 1 N–H and O–H groups in total. The van der Waals surface area contributed by atoms with Crippen molar-refractivity contribution in [1.82, 2.24) is 14.8 Å². The number of hydrogen-bond acceptors (Lipinski definition) is 4. The molecule has 3 heterocycles. The summed E-state index contributed by atoms with van der Waals surface area (Å²) in [5, 5.41) is 3.02. The average molecular weight is 274 g/mol. The zero-order valence-corrected chi connectivity index (χ0v) is 12.2. The number of likely N-dealkylation sites (N-methyl/N-ethyl adjacent to an activating group) is 1. The van der Waals surface area contributed by atoms with Crippen LogP contribution in [0.5, 0.6) is 0 Å². The third-order valence-corrected chi connectivity index (χ3v) is 4.71. The number of pyridine rings is 1. The molecule has 1 aromatic rings. The molecule has 0 aliphatic carbocycles. The maximum Gasteiger partial charge on any atom is 0.272 e. The van der Waals surface area contributed by atoms with Crippen molar-refractivity contribution in [2.75, 3.05) is 32.5 Å². The molecule has 2 bridgehead atoms. The molecular formula is C15H22N4O. The average Bonchev–Trinajstić information content (AvgIpc) is 2.72. The number of rotatable bonds is 2. The van der Waals surface area contributed by atoms with Gasteiger partial charge in [0.15, 0.2) is 0 Å². The number of carbonyl (C=O) groups excluding carboxylic acids is 1. The number of amides is 1. The van der Waals surface area contributed by atoms with E-state index in [-0.39, 0.29) is 5.91 Å². The van der Waals surface area contributed by atoms with Gasteiger partial charge in [0.05, 0.1) is 11.9 Å². The molecule has 0 radical (unpaired) electrons. The molecule has 2 aliphatic rings. The minimum Gasteiger partial charge on any atom is -0.387 e. The van der Waals surface area contributed by atoms with Gasteiger partial charge in [-0.1, -0.05) is 0 Å². The minimum atomic E-state index is 0.0635. The molecule has 0 aromatic carbocycles. The summed E-state index contributed by atoms with van der Waals surface area (Å²) < 4.78 is 0. The van der Waals surface area contributed by atoms with Crippen LogP contribution in [0.3, 0.4) is 0 Å². The second-order valence-electron chi connectivity index (χ2n) is 5.77. The Balaban J connectivity index is 1.73. The molecule has 2 unspecified atom stereocenters. The lowest BCUT2D eigenvalue weighted by Crippen LogP contribution is -2.40. The Bertz CT molecular complexity index is 487. The molecule has 20 heavy (non-hydrogen) atoms. The highest BCUT2D eigenvalue weighted by Crippen LogP contribution is 2.28. The molecule has 2 saturated heterocycles. The van der Waals surface area contributed by atoms with Crippen molar-refractivity contribution in [2.45, 2.75) is 31.3 Å². The summed E-state index contributed by atoms with van der Waals surface area (Å²) in [7, 11) is 4.04. The van der Waals surface area contributed by atoms with Crippen molar-refractivity contribution in [3.63, 3.8) is 0 Å². The van der Waals surface area contributed by atoms with Crippen LogP contribution in [-0.4, -0.2) is 60.0 Å². The highest BCUT2D eigenvalue weighted by atomic mass is 16.2. The predicted octanol–water partition coefficient (Wildman–Crippen LogP) is 1.43. The summed E-state index contributed by atoms with van der Waals surface area (Å²) in [5.41, 5.74) is 1.47. The Kier molecular flexibility index (Phi) is 3.61. The number of anilines is 1. The molecule has 108 valence electrons. The molecule has 2 aliphatic heterocycles. The van der Waals surface area contributed by atoms with Crippen LogP contribution < -0.4 is 5.32 Å². The van der Waals surface area contributed by atoms with E-state index in [1.165, 1.54) is 12.8 Å². The van der Waals surface area contributed by atoms with Gasteiger partial charge in [-0.05, 0) is 38.4 Å². The first-order valence-electron chi connectivity index (χ1n) is 7.34. The van der Waals surface area contributed by atoms with E-state index in [1.54, 1.807) is 12.3 Å². The zero-order chi connectivity index (χ0) is 14.1. The number of aromatic nitrogens is 1. The summed E-state index contributed by atoms with van der Waals surface area (Å²) in [6.45, 7) is 1.68. The van der Waals surface area contributed by atoms with Crippen LogP contribution >= 0.6 is 0 Å². The van der Waals surface area contributed by atoms with Crippen molar-refractivity contribution in [3.05, 3.63) is 24.0 Å². The molecule has 5 heteroatoms. The molecule has 2 fully saturated rings. The van der Waals surface area contributed by atoms with Crippen molar-refractivity contribution in [2.24, 2.45) is 0 Å². The van der Waals surface area contributed by atoms with E-state index in [0.717, 1.165) is 25.2 Å². The first-order chi connectivity index (χ1) is 9.69. The highest BCUT2D eigenvalue weighted by molar-refractivity contribution is 5.92. The van der Waals surface area contributed by atoms with Gasteiger partial charge in [-0.25, -0.2) is 4.98 Å². The Hall–Kier alpha value is -1.62. The van der Waals surface area contributed by atoms with E-state index >= 15 is 0 Å². The van der Waals surface area contributed by atoms with E-state index in [4.69, 9.17) is 0 Å². The SMILES string of the molecule is CNc1ccc(C(=O)N2CCC3CCC(C2)N3C)nc1. The van der Waals surface area contributed by atoms with Gasteiger partial charge in [-0.2, -0.15) is 0 Å². The van der Waals surface area contributed by atoms with E-state index in [2.05, 4.69) is 22.2 Å². The van der Waals surface area contributed by atoms with E-state index in [1.807, 2.05) is 18.0 Å². The molecule has 5 nitrogen and oxygen atoms in total. The van der Waals surface area contributed by atoms with Crippen molar-refractivity contribution < 1.29 is 4.79 Å². The molecule has 0 saturated carbocycles. The Labute approximate surface area is 120 Å². The quantitative estimate of drug-likeness (QED) is 0.886. The van der Waals surface area contributed by atoms with Gasteiger partial charge in [-0.15, -0.1) is 0 Å². The lowest BCUT2D eigenvalue weighted by Gasteiger charge is -2.25. The highest BCUT2D eigenvalue weighted by Gasteiger charge is 2.36. The number of fused-ring (bicyclic) bond motifs is 2. The fraction of sp³-hybridized carbons (Fsp3) is 0.600. The van der Waals surface area contributed by atoms with Crippen LogP contribution in [0.1, 0.15) is 29.8 Å². The van der Waals surface area contributed by atoms with Crippen molar-refractivity contribution in [3.8, 4) is 0 Å². The summed E-state index contributed by atoms with van der Waals surface area (Å²) >= 11 is 0. The van der Waals surface area contributed by atoms with Crippen LogP contribution in [-0.2, 0) is 0 Å². The number of hydrogen-bond donors (Lipinski definition) is 1. The molecule has 2 atom stereocenters. The van der Waals surface area contributed by atoms with E-state index in [0.29, 0.717) is 17.8 Å². The predicted molar refractivity (Wildman–Crippen MR) is 78.9 cm³/mol. The number of carbonyl (C=O) groups is 1. The van der Waals surface area contributed by atoms with Crippen LogP contribution in [0.15, 0.2) is 18.3 Å². The topological polar surface area (TPSA) is 48.5 Å². The van der Waals surface area contributed by atoms with Crippen LogP contribution in [0.2, 0.25) is 0 Å². The van der Waals surface area contributed by atoms with E-state index in [9.17, 15) is 4.79 Å². The van der Waals surface area contributed by atoms with Gasteiger partial charge in [0.1, 0.15) is 5.69 Å². The van der Waals surface area contributed by atoms with Crippen molar-refractivity contribution in [1.29, 1.82) is 0 Å². The lowest BCUT2D eigenvalue weighted by molar-refractivity contribution is 0.0734. The first kappa shape index (κ1) is 13.4. The van der Waals surface area contributed by atoms with Crippen LogP contribution in [0.4, 0.5) is 5.69 Å². The lowest BCUT2D eigenvalue weighted by atomic mass is 10.1. The second kappa shape index (κ2) is 5.40. The smallest absolute Gasteiger partial charge is 0.272 e. The van der Waals surface area contributed by atoms with Crippen LogP contribution in [0.25, 0.3) is 0 Å². The molecule has 3 rings (SSSR count). The largest absolute Gasteiger partial charge is 0.387 e. The molecule has 1 aromatic heterocycles. The fourth-order valence-corrected chi connectivity index (χ4v) is 3.32. The van der Waals surface area contributed by atoms with Crippen molar-refractivity contribution >= 4 is 11.6 Å². The maximum absolute atomic E-state index is 12.6. The third-order valence-electron chi connectivity index (χ3n) is 4.71. The van der Waals surface area contributed by atoms with Gasteiger partial charge in [0.2, 0.25) is 0 Å². The Morgan fingerprint density at radius 1 is 1.30 bits per heavy atom. The minimum absolute atomic E-state index is 0.0635. The number of nitrogens with one attached hydrogen (secondary N) is 1. The van der Waals surface area contributed by atoms with Gasteiger partial charge in [0, 0.05) is 32.2 Å². The number of likely N-dealkylation sites (tertiary alicyclic amines) is 1. The summed E-state index contributed by atoms with van der Waals surface area (Å²) in [6.07, 6.45) is 5.27. The van der Waals surface area contributed by atoms with Gasteiger partial charge >= 0.3 is 0 Å². The monoisotopic (exact) mass is 274 g/mol. The normalized spacial score (nSPS) is 26.4. The maximum atomic E-state index is 12.6. The zero-order valence-electron chi connectivity index (χ0n) is 12.2. The van der Waals surface area contributed by atoms with Gasteiger partial charge in [-0.3, -0.25) is 9.69 Å². The molecule has 1 amide bonds.